The van der Waals surface area contributed by atoms with Crippen LogP contribution < -0.4 is 10.2 Å². The van der Waals surface area contributed by atoms with Crippen LogP contribution in [0.1, 0.15) is 31.2 Å². The van der Waals surface area contributed by atoms with Crippen molar-refractivity contribution in [2.45, 2.75) is 39.2 Å². The second-order valence-corrected chi connectivity index (χ2v) is 7.58. The Hall–Kier alpha value is -2.67. The second kappa shape index (κ2) is 8.14. The molecule has 1 aliphatic rings. The second-order valence-electron chi connectivity index (χ2n) is 7.15. The molecule has 1 amide bonds. The third-order valence-electron chi connectivity index (χ3n) is 5.07. The molecule has 0 atom stereocenters. The third-order valence-corrected chi connectivity index (χ3v) is 5.31. The van der Waals surface area contributed by atoms with Gasteiger partial charge < -0.3 is 10.2 Å². The molecule has 1 saturated heterocycles. The van der Waals surface area contributed by atoms with Crippen molar-refractivity contribution in [3.63, 3.8) is 0 Å². The van der Waals surface area contributed by atoms with Gasteiger partial charge in [0.2, 0.25) is 5.91 Å². The molecule has 0 bridgehead atoms. The maximum atomic E-state index is 12.5. The van der Waals surface area contributed by atoms with Crippen molar-refractivity contribution in [1.82, 2.24) is 19.7 Å². The van der Waals surface area contributed by atoms with E-state index in [0.29, 0.717) is 10.7 Å². The first-order chi connectivity index (χ1) is 13.6. The maximum Gasteiger partial charge on any atom is 0.246 e. The maximum absolute atomic E-state index is 12.5. The molecule has 0 spiro atoms. The molecule has 1 aliphatic heterocycles. The average molecular weight is 399 g/mol. The van der Waals surface area contributed by atoms with Crippen molar-refractivity contribution in [3.8, 4) is 0 Å². The molecule has 0 saturated carbocycles. The first-order valence-corrected chi connectivity index (χ1v) is 9.97. The van der Waals surface area contributed by atoms with Gasteiger partial charge in [-0.15, -0.1) is 0 Å². The number of amides is 1. The van der Waals surface area contributed by atoms with Crippen molar-refractivity contribution in [2.75, 3.05) is 23.3 Å². The normalized spacial score (nSPS) is 14.9. The number of hydrogen-bond acceptors (Lipinski definition) is 5. The van der Waals surface area contributed by atoms with E-state index in [0.717, 1.165) is 35.5 Å². The van der Waals surface area contributed by atoms with Crippen LogP contribution in [0.5, 0.6) is 0 Å². The van der Waals surface area contributed by atoms with Crippen LogP contribution in [0.3, 0.4) is 0 Å². The molecule has 1 N–H and O–H groups in total. The standard InChI is InChI=1S/C20H23ClN6O/c1-14-10-15(21)6-7-17(14)25-18(28)12-27-20-16(11-24-27)19(22-13-23-20)26-8-4-2-3-5-9-26/h6-7,10-11,13H,2-5,8-9,12H2,1H3,(H,25,28). The number of rotatable bonds is 4. The molecule has 28 heavy (non-hydrogen) atoms. The fraction of sp³-hybridized carbons (Fsp3) is 0.400. The van der Waals surface area contributed by atoms with E-state index >= 15 is 0 Å². The number of carbonyl (C=O) groups excluding carboxylic acids is 1. The molecule has 1 fully saturated rings. The highest BCUT2D eigenvalue weighted by molar-refractivity contribution is 6.30. The molecule has 1 aromatic carbocycles. The lowest BCUT2D eigenvalue weighted by Gasteiger charge is -2.21. The van der Waals surface area contributed by atoms with Crippen molar-refractivity contribution in [2.24, 2.45) is 0 Å². The fourth-order valence-electron chi connectivity index (χ4n) is 3.62. The minimum Gasteiger partial charge on any atom is -0.356 e. The molecule has 2 aromatic heterocycles. The monoisotopic (exact) mass is 398 g/mol. The summed E-state index contributed by atoms with van der Waals surface area (Å²) >= 11 is 5.98. The first-order valence-electron chi connectivity index (χ1n) is 9.59. The first kappa shape index (κ1) is 18.7. The Morgan fingerprint density at radius 2 is 1.96 bits per heavy atom. The Kier molecular flexibility index (Phi) is 5.43. The van der Waals surface area contributed by atoms with Gasteiger partial charge in [-0.2, -0.15) is 5.10 Å². The molecule has 8 heteroatoms. The van der Waals surface area contributed by atoms with E-state index in [1.807, 2.05) is 13.0 Å². The SMILES string of the molecule is Cc1cc(Cl)ccc1NC(=O)Cn1ncc2c(N3CCCCCC3)ncnc21. The Balaban J connectivity index is 1.54. The minimum atomic E-state index is -0.162. The summed E-state index contributed by atoms with van der Waals surface area (Å²) in [4.78, 5) is 23.7. The summed E-state index contributed by atoms with van der Waals surface area (Å²) < 4.78 is 1.62. The van der Waals surface area contributed by atoms with Gasteiger partial charge in [-0.25, -0.2) is 14.6 Å². The van der Waals surface area contributed by atoms with E-state index in [1.165, 1.54) is 25.7 Å². The summed E-state index contributed by atoms with van der Waals surface area (Å²) in [6.45, 7) is 3.98. The zero-order valence-electron chi connectivity index (χ0n) is 15.9. The van der Waals surface area contributed by atoms with E-state index < -0.39 is 0 Å². The smallest absolute Gasteiger partial charge is 0.246 e. The molecule has 146 valence electrons. The summed E-state index contributed by atoms with van der Waals surface area (Å²) in [5.41, 5.74) is 2.33. The van der Waals surface area contributed by atoms with Gasteiger partial charge in [0.15, 0.2) is 5.65 Å². The number of aryl methyl sites for hydroxylation is 1. The summed E-state index contributed by atoms with van der Waals surface area (Å²) in [6.07, 6.45) is 8.17. The highest BCUT2D eigenvalue weighted by Gasteiger charge is 2.18. The molecular formula is C20H23ClN6O. The Morgan fingerprint density at radius 1 is 1.18 bits per heavy atom. The predicted octanol–water partition coefficient (Wildman–Crippen LogP) is 3.81. The quantitative estimate of drug-likeness (QED) is 0.723. The van der Waals surface area contributed by atoms with Crippen LogP contribution in [0.25, 0.3) is 11.0 Å². The molecule has 0 unspecified atom stereocenters. The lowest BCUT2D eigenvalue weighted by Crippen LogP contribution is -2.25. The van der Waals surface area contributed by atoms with Crippen LogP contribution in [-0.4, -0.2) is 38.7 Å². The number of carbonyl (C=O) groups is 1. The Bertz CT molecular complexity index is 994. The number of nitrogens with zero attached hydrogens (tertiary/aromatic N) is 5. The number of nitrogens with one attached hydrogen (secondary N) is 1. The van der Waals surface area contributed by atoms with Crippen LogP contribution in [0.15, 0.2) is 30.7 Å². The molecule has 7 nitrogen and oxygen atoms in total. The van der Waals surface area contributed by atoms with E-state index in [1.54, 1.807) is 29.3 Å². The van der Waals surface area contributed by atoms with E-state index in [-0.39, 0.29) is 12.5 Å². The number of benzene rings is 1. The summed E-state index contributed by atoms with van der Waals surface area (Å²) in [5, 5.41) is 8.85. The van der Waals surface area contributed by atoms with Gasteiger partial charge in [0.05, 0.1) is 11.6 Å². The van der Waals surface area contributed by atoms with E-state index in [4.69, 9.17) is 11.6 Å². The van der Waals surface area contributed by atoms with Crippen molar-refractivity contribution >= 4 is 40.0 Å². The van der Waals surface area contributed by atoms with Gasteiger partial charge in [-0.3, -0.25) is 4.79 Å². The third kappa shape index (κ3) is 3.94. The Morgan fingerprint density at radius 3 is 2.71 bits per heavy atom. The molecule has 0 aliphatic carbocycles. The number of aromatic nitrogens is 4. The summed E-state index contributed by atoms with van der Waals surface area (Å²) in [5.74, 6) is 0.748. The van der Waals surface area contributed by atoms with Crippen LogP contribution in [0.2, 0.25) is 5.02 Å². The number of anilines is 2. The van der Waals surface area contributed by atoms with Gasteiger partial charge in [0.1, 0.15) is 18.7 Å². The van der Waals surface area contributed by atoms with Crippen LogP contribution in [-0.2, 0) is 11.3 Å². The summed E-state index contributed by atoms with van der Waals surface area (Å²) in [6, 6.07) is 5.38. The highest BCUT2D eigenvalue weighted by Crippen LogP contribution is 2.25. The van der Waals surface area contributed by atoms with Crippen LogP contribution in [0.4, 0.5) is 11.5 Å². The van der Waals surface area contributed by atoms with Gasteiger partial charge in [-0.05, 0) is 43.5 Å². The predicted molar refractivity (Wildman–Crippen MR) is 111 cm³/mol. The largest absolute Gasteiger partial charge is 0.356 e. The van der Waals surface area contributed by atoms with Gasteiger partial charge in [-0.1, -0.05) is 24.4 Å². The number of fused-ring (bicyclic) bond motifs is 1. The number of hydrogen-bond donors (Lipinski definition) is 1. The van der Waals surface area contributed by atoms with Crippen LogP contribution >= 0.6 is 11.6 Å². The lowest BCUT2D eigenvalue weighted by atomic mass is 10.2. The van der Waals surface area contributed by atoms with Gasteiger partial charge in [0.25, 0.3) is 0 Å². The minimum absolute atomic E-state index is 0.0853. The lowest BCUT2D eigenvalue weighted by molar-refractivity contribution is -0.116. The molecule has 3 heterocycles. The van der Waals surface area contributed by atoms with Gasteiger partial charge >= 0.3 is 0 Å². The van der Waals surface area contributed by atoms with E-state index in [2.05, 4.69) is 25.3 Å². The van der Waals surface area contributed by atoms with Gasteiger partial charge in [0, 0.05) is 23.8 Å². The molecule has 4 rings (SSSR count). The zero-order valence-corrected chi connectivity index (χ0v) is 16.6. The molecule has 0 radical (unpaired) electrons. The molecule has 3 aromatic rings. The zero-order chi connectivity index (χ0) is 19.5. The topological polar surface area (TPSA) is 75.9 Å². The fourth-order valence-corrected chi connectivity index (χ4v) is 3.85. The van der Waals surface area contributed by atoms with E-state index in [9.17, 15) is 4.79 Å². The average Bonchev–Trinajstić information content (AvgIpc) is 2.90. The number of halogens is 1. The van der Waals surface area contributed by atoms with Crippen molar-refractivity contribution < 1.29 is 4.79 Å². The molecular weight excluding hydrogens is 376 g/mol. The van der Waals surface area contributed by atoms with Crippen molar-refractivity contribution in [3.05, 3.63) is 41.3 Å². The summed E-state index contributed by atoms with van der Waals surface area (Å²) in [7, 11) is 0. The van der Waals surface area contributed by atoms with Crippen LogP contribution in [0, 0.1) is 6.92 Å². The van der Waals surface area contributed by atoms with Crippen molar-refractivity contribution in [1.29, 1.82) is 0 Å². The Labute approximate surface area is 168 Å². The highest BCUT2D eigenvalue weighted by atomic mass is 35.5.